The molecule has 6 rings (SSSR count). The van der Waals surface area contributed by atoms with Crippen molar-refractivity contribution in [2.45, 2.75) is 214 Å². The minimum absolute atomic E-state index is 0.0279. The number of nitro groups is 4. The van der Waals surface area contributed by atoms with Crippen LogP contribution in [-0.4, -0.2) is 145 Å². The molecule has 0 saturated carbocycles. The Morgan fingerprint density at radius 2 is 0.628 bits per heavy atom. The van der Waals surface area contributed by atoms with E-state index in [1.165, 1.54) is 171 Å². The number of carbonyl (C=O) groups is 9. The van der Waals surface area contributed by atoms with Crippen molar-refractivity contribution in [3.63, 3.8) is 0 Å². The highest BCUT2D eigenvalue weighted by Gasteiger charge is 2.27. The van der Waals surface area contributed by atoms with Gasteiger partial charge in [-0.3, -0.25) is 54.8 Å². The van der Waals surface area contributed by atoms with E-state index in [9.17, 15) is 93.8 Å². The van der Waals surface area contributed by atoms with E-state index in [1.807, 2.05) is 6.92 Å². The second-order valence-electron chi connectivity index (χ2n) is 24.7. The van der Waals surface area contributed by atoms with E-state index in [-0.39, 0.29) is 28.2 Å². The molecule has 0 spiro atoms. The third-order valence-electron chi connectivity index (χ3n) is 15.3. The number of hydrogen-bond donors (Lipinski definition) is 14. The molecule has 6 aromatic rings. The Bertz CT molecular complexity index is 3880. The standard InChI is InChI=1S/C13H26O2.C11H22O2.C10H20O2.C8H7NO5.C8H8O2.C7H4N2O7.C7H5NO5.2C7H6O3/c1-2-3-4-5-6-7-8-9-10-11-12-13(14)15;1-2-3-4-5-6-7-8-9-10-11(12)13;1-2-3-4-5-6-7-8-9-10(11)12;1-4-2-5(8(11)12)7(10)6(3-4)9(13)14;1-6-2-4-7(5-3-6)8(9)10;10-6-4(7(11)12)1-3(8(13)14)2-5(6)9(15)16;9-6-2-1-4(7(10)11)3-5(6)8(12)13;8-6-3-1-2-5(4-6)7(9)10;8-6-4-2-1-3-5(6)7(9)10/h2-12H2,1H3,(H,14,15);2-10H2,1H3,(H,12,13);2-9H2,1H3,(H,11,12);2-3,10H,1H3,(H,11,12);2-5H,1H3,(H,9,10);1-2,10H,(H,11,12);1-3,9H,(H,10,11);2*1-4,8H,(H,9,10). The van der Waals surface area contributed by atoms with Crippen molar-refractivity contribution < 1.29 is 134 Å². The van der Waals surface area contributed by atoms with E-state index in [4.69, 9.17) is 61.3 Å². The van der Waals surface area contributed by atoms with Crippen LogP contribution in [0.3, 0.4) is 0 Å². The molecular weight excluding hydrogens is 1490 g/mol. The van der Waals surface area contributed by atoms with Crippen LogP contribution in [0.2, 0.25) is 0 Å². The largest absolute Gasteiger partial charge is 0.508 e. The summed E-state index contributed by atoms with van der Waals surface area (Å²) < 4.78 is 0. The van der Waals surface area contributed by atoms with Gasteiger partial charge >= 0.3 is 70.8 Å². The van der Waals surface area contributed by atoms with E-state index in [2.05, 4.69) is 20.8 Å². The normalized spacial score (nSPS) is 9.78. The Morgan fingerprint density at radius 3 is 0.938 bits per heavy atom. The van der Waals surface area contributed by atoms with Crippen LogP contribution in [0, 0.1) is 54.3 Å². The van der Waals surface area contributed by atoms with Crippen molar-refractivity contribution in [3.8, 4) is 28.7 Å². The molecule has 0 aromatic heterocycles. The van der Waals surface area contributed by atoms with Crippen molar-refractivity contribution in [3.05, 3.63) is 200 Å². The first-order chi connectivity index (χ1) is 53.2. The number of aliphatic carboxylic acids is 3. The number of aromatic carboxylic acids is 6. The average molecular weight is 1590 g/mol. The molecule has 0 unspecified atom stereocenters. The summed E-state index contributed by atoms with van der Waals surface area (Å²) in [4.78, 5) is 131. The fourth-order valence-electron chi connectivity index (χ4n) is 9.27. The van der Waals surface area contributed by atoms with Crippen molar-refractivity contribution >= 4 is 76.5 Å². The lowest BCUT2D eigenvalue weighted by Crippen LogP contribution is -2.02. The van der Waals surface area contributed by atoms with Crippen LogP contribution in [0.15, 0.2) is 115 Å². The summed E-state index contributed by atoms with van der Waals surface area (Å²) in [5.41, 5.74) is -2.73. The molecule has 0 aliphatic heterocycles. The summed E-state index contributed by atoms with van der Waals surface area (Å²) >= 11 is 0. The molecule has 622 valence electrons. The first-order valence-corrected chi connectivity index (χ1v) is 36.0. The number of phenols is 5. The van der Waals surface area contributed by atoms with Gasteiger partial charge in [-0.05, 0) is 99.3 Å². The molecule has 0 aliphatic carbocycles. The number of hydrogen-bond acceptors (Lipinski definition) is 22. The van der Waals surface area contributed by atoms with Crippen molar-refractivity contribution in [2.24, 2.45) is 0 Å². The number of carboxylic acids is 9. The number of rotatable bonds is 38. The fraction of sp³-hybridized carbons (Fsp3) is 0.423. The molecule has 0 atom stereocenters. The minimum atomic E-state index is -1.69. The highest BCUT2D eigenvalue weighted by Crippen LogP contribution is 2.35. The maximum absolute atomic E-state index is 10.6. The number of phenolic OH excluding ortho intramolecular Hbond substituents is 2. The second-order valence-corrected chi connectivity index (χ2v) is 24.7. The van der Waals surface area contributed by atoms with Gasteiger partial charge in [-0.15, -0.1) is 0 Å². The van der Waals surface area contributed by atoms with Crippen molar-refractivity contribution in [1.29, 1.82) is 0 Å². The van der Waals surface area contributed by atoms with Crippen LogP contribution in [0.1, 0.15) is 274 Å². The van der Waals surface area contributed by atoms with E-state index in [0.29, 0.717) is 42.5 Å². The molecule has 6 aromatic carbocycles. The molecule has 0 radical (unpaired) electrons. The number of aryl methyl sites for hydroxylation is 2. The first-order valence-electron chi connectivity index (χ1n) is 36.0. The number of nitro benzene ring substituents is 4. The topological polar surface area (TPSA) is 609 Å². The second kappa shape index (κ2) is 62.0. The molecular formula is C78H104N4O31. The first kappa shape index (κ1) is 104. The molecule has 0 fully saturated rings. The Balaban J connectivity index is -0.00000121. The van der Waals surface area contributed by atoms with Gasteiger partial charge in [-0.1, -0.05) is 198 Å². The van der Waals surface area contributed by atoms with Crippen LogP contribution >= 0.6 is 0 Å². The maximum atomic E-state index is 10.6. The summed E-state index contributed by atoms with van der Waals surface area (Å²) in [6.07, 6.45) is 31.6. The number of benzene rings is 6. The SMILES string of the molecule is CCCCCCCCCC(=O)O.CCCCCCCCCCC(=O)O.CCCCCCCCCCCCC(=O)O.Cc1cc(C(=O)O)c(O)c([N+](=O)[O-])c1.Cc1ccc(C(=O)O)cc1.O=C(O)c1cc([N+](=O)[O-])cc([N+](=O)[O-])c1O.O=C(O)c1ccc(O)c([N+](=O)[O-])c1.O=C(O)c1cccc(O)c1.O=C(O)c1ccccc1O. The lowest BCUT2D eigenvalue weighted by molar-refractivity contribution is -0.394. The Labute approximate surface area is 651 Å². The van der Waals surface area contributed by atoms with Gasteiger partial charge in [0.15, 0.2) is 5.75 Å². The summed E-state index contributed by atoms with van der Waals surface area (Å²) in [5, 5.41) is 163. The number of unbranched alkanes of at least 4 members (excludes halogenated alkanes) is 22. The lowest BCUT2D eigenvalue weighted by Gasteiger charge is -2.01. The third kappa shape index (κ3) is 52.0. The van der Waals surface area contributed by atoms with Crippen molar-refractivity contribution in [2.75, 3.05) is 0 Å². The van der Waals surface area contributed by atoms with Crippen LogP contribution < -0.4 is 0 Å². The summed E-state index contributed by atoms with van der Waals surface area (Å²) in [6.45, 7) is 10.1. The van der Waals surface area contributed by atoms with Gasteiger partial charge in [0.25, 0.3) is 5.69 Å². The molecule has 0 heterocycles. The number of non-ortho nitro benzene ring substituents is 1. The number of aromatic hydroxyl groups is 5. The molecule has 0 amide bonds. The van der Waals surface area contributed by atoms with Gasteiger partial charge < -0.3 is 71.5 Å². The molecule has 14 N–H and O–H groups in total. The molecule has 0 aliphatic rings. The Hall–Kier alpha value is -12.9. The predicted octanol–water partition coefficient (Wildman–Crippen LogP) is 18.3. The summed E-state index contributed by atoms with van der Waals surface area (Å²) in [6, 6.07) is 24.3. The van der Waals surface area contributed by atoms with E-state index in [1.54, 1.807) is 36.4 Å². The maximum Gasteiger partial charge on any atom is 0.340 e. The van der Waals surface area contributed by atoms with Crippen LogP contribution in [0.4, 0.5) is 22.7 Å². The summed E-state index contributed by atoms with van der Waals surface area (Å²) in [5.74, 6) is -12.1. The zero-order chi connectivity index (χ0) is 86.6. The van der Waals surface area contributed by atoms with Crippen molar-refractivity contribution in [1.82, 2.24) is 0 Å². The smallest absolute Gasteiger partial charge is 0.340 e. The zero-order valence-electron chi connectivity index (χ0n) is 63.8. The summed E-state index contributed by atoms with van der Waals surface area (Å²) in [7, 11) is 0. The van der Waals surface area contributed by atoms with Gasteiger partial charge in [0.1, 0.15) is 28.2 Å². The van der Waals surface area contributed by atoms with Crippen LogP contribution in [0.25, 0.3) is 0 Å². The third-order valence-corrected chi connectivity index (χ3v) is 15.3. The van der Waals surface area contributed by atoms with Gasteiger partial charge in [-0.2, -0.15) is 0 Å². The van der Waals surface area contributed by atoms with Crippen LogP contribution in [-0.2, 0) is 14.4 Å². The molecule has 0 bridgehead atoms. The minimum Gasteiger partial charge on any atom is -0.508 e. The fourth-order valence-corrected chi connectivity index (χ4v) is 9.27. The van der Waals surface area contributed by atoms with Gasteiger partial charge in [0.2, 0.25) is 11.5 Å². The average Bonchev–Trinajstić information content (AvgIpc) is 0.815. The van der Waals surface area contributed by atoms with E-state index >= 15 is 0 Å². The Morgan fingerprint density at radius 1 is 0.292 bits per heavy atom. The quantitative estimate of drug-likeness (QED) is 0.00972. The zero-order valence-corrected chi connectivity index (χ0v) is 63.8. The highest BCUT2D eigenvalue weighted by atomic mass is 16.6. The molecule has 0 saturated heterocycles. The number of para-hydroxylation sites is 1. The predicted molar refractivity (Wildman–Crippen MR) is 414 cm³/mol. The molecule has 35 heteroatoms. The highest BCUT2D eigenvalue weighted by molar-refractivity contribution is 5.94. The number of nitrogens with zero attached hydrogens (tertiary/aromatic N) is 4. The van der Waals surface area contributed by atoms with Gasteiger partial charge in [0, 0.05) is 37.5 Å². The Kier molecular flexibility index (Phi) is 57.2. The van der Waals surface area contributed by atoms with Gasteiger partial charge in [-0.25, -0.2) is 28.8 Å². The lowest BCUT2D eigenvalue weighted by atomic mass is 10.1. The van der Waals surface area contributed by atoms with Crippen LogP contribution in [0.5, 0.6) is 28.7 Å². The van der Waals surface area contributed by atoms with Gasteiger partial charge in [0.05, 0.1) is 42.4 Å². The van der Waals surface area contributed by atoms with E-state index < -0.39 is 125 Å². The molecule has 113 heavy (non-hydrogen) atoms. The molecule has 35 nitrogen and oxygen atoms in total. The number of carboxylic acid groups (broad SMARTS) is 9. The van der Waals surface area contributed by atoms with E-state index in [0.717, 1.165) is 68.4 Å². The monoisotopic (exact) mass is 1590 g/mol.